The lowest BCUT2D eigenvalue weighted by Gasteiger charge is -2.57. The molecule has 0 spiro atoms. The number of aliphatic hydroxyl groups is 1. The van der Waals surface area contributed by atoms with Gasteiger partial charge >= 0.3 is 6.09 Å². The number of anilines is 4. The molecule has 1 aromatic carbocycles. The second kappa shape index (κ2) is 11.2. The zero-order valence-electron chi connectivity index (χ0n) is 25.3. The number of amides is 2. The summed E-state index contributed by atoms with van der Waals surface area (Å²) in [6.45, 7) is 8.38. The van der Waals surface area contributed by atoms with E-state index in [0.717, 1.165) is 81.2 Å². The second-order valence-electron chi connectivity index (χ2n) is 13.8. The number of para-hydroxylation sites is 2. The molecule has 5 atom stereocenters. The summed E-state index contributed by atoms with van der Waals surface area (Å²) in [7, 11) is 0. The zero-order chi connectivity index (χ0) is 29.7. The van der Waals surface area contributed by atoms with Crippen LogP contribution in [0.5, 0.6) is 0 Å². The second-order valence-corrected chi connectivity index (χ2v) is 13.8. The first-order valence-corrected chi connectivity index (χ1v) is 16.1. The van der Waals surface area contributed by atoms with Crippen LogP contribution in [0.3, 0.4) is 0 Å². The van der Waals surface area contributed by atoms with Crippen LogP contribution in [-0.4, -0.2) is 77.9 Å². The maximum Gasteiger partial charge on any atom is 0.431 e. The maximum absolute atomic E-state index is 13.1. The maximum atomic E-state index is 13.1. The topological polar surface area (TPSA) is 101 Å². The number of hydrogen-bond acceptors (Lipinski definition) is 8. The van der Waals surface area contributed by atoms with Gasteiger partial charge in [0.25, 0.3) is 0 Å². The third kappa shape index (κ3) is 5.61. The number of nitrogens with zero attached hydrogens (tertiary/aromatic N) is 5. The highest BCUT2D eigenvalue weighted by atomic mass is 16.7. The Balaban J connectivity index is 0.980. The van der Waals surface area contributed by atoms with Crippen LogP contribution in [0.25, 0.3) is 0 Å². The number of nitrogens with one attached hydrogen (secondary N) is 1. The number of hydroxylamine groups is 1. The Bertz CT molecular complexity index is 1330. The van der Waals surface area contributed by atoms with Gasteiger partial charge in [0, 0.05) is 45.2 Å². The van der Waals surface area contributed by atoms with E-state index in [4.69, 9.17) is 9.82 Å². The van der Waals surface area contributed by atoms with E-state index in [-0.39, 0.29) is 11.9 Å². The van der Waals surface area contributed by atoms with Crippen molar-refractivity contribution in [3.05, 3.63) is 42.6 Å². The van der Waals surface area contributed by atoms with E-state index in [0.29, 0.717) is 43.2 Å². The van der Waals surface area contributed by atoms with Crippen molar-refractivity contribution in [2.45, 2.75) is 64.0 Å². The molecule has 5 fully saturated rings. The van der Waals surface area contributed by atoms with Crippen LogP contribution in [-0.2, 0) is 9.63 Å². The van der Waals surface area contributed by atoms with Crippen LogP contribution in [0.15, 0.2) is 42.6 Å². The van der Waals surface area contributed by atoms with Crippen molar-refractivity contribution < 1.29 is 19.5 Å². The van der Waals surface area contributed by atoms with E-state index in [2.05, 4.69) is 35.0 Å². The van der Waals surface area contributed by atoms with Crippen molar-refractivity contribution in [1.82, 2.24) is 15.2 Å². The summed E-state index contributed by atoms with van der Waals surface area (Å²) in [4.78, 5) is 42.8. The average molecular weight is 589 g/mol. The van der Waals surface area contributed by atoms with E-state index >= 15 is 0 Å². The molecule has 0 radical (unpaired) electrons. The lowest BCUT2D eigenvalue weighted by Crippen LogP contribution is -2.62. The van der Waals surface area contributed by atoms with Crippen molar-refractivity contribution in [3.63, 3.8) is 0 Å². The van der Waals surface area contributed by atoms with Gasteiger partial charge in [0.15, 0.2) is 0 Å². The summed E-state index contributed by atoms with van der Waals surface area (Å²) in [5.41, 5.74) is 2.30. The molecule has 230 valence electrons. The van der Waals surface area contributed by atoms with E-state index in [1.54, 1.807) is 5.06 Å². The molecule has 1 aromatic heterocycles. The molecule has 8 rings (SSSR count). The average Bonchev–Trinajstić information content (AvgIpc) is 2.98. The van der Waals surface area contributed by atoms with Crippen LogP contribution in [0.4, 0.5) is 27.7 Å². The molecule has 2 aromatic rings. The molecule has 1 saturated heterocycles. The van der Waals surface area contributed by atoms with Gasteiger partial charge in [0.1, 0.15) is 5.82 Å². The molecule has 10 heteroatoms. The molecule has 2 amide bonds. The highest BCUT2D eigenvalue weighted by Gasteiger charge is 2.55. The fraction of sp³-hybridized carbons (Fsp3) is 0.606. The molecular weight excluding hydrogens is 544 g/mol. The van der Waals surface area contributed by atoms with Crippen LogP contribution < -0.4 is 20.2 Å². The van der Waals surface area contributed by atoms with Gasteiger partial charge in [-0.05, 0) is 80.0 Å². The summed E-state index contributed by atoms with van der Waals surface area (Å²) in [6.07, 6.45) is 6.78. The molecule has 2 aliphatic heterocycles. The summed E-state index contributed by atoms with van der Waals surface area (Å²) in [6, 6.07) is 12.2. The molecule has 4 aliphatic carbocycles. The Morgan fingerprint density at radius 3 is 2.35 bits per heavy atom. The van der Waals surface area contributed by atoms with Gasteiger partial charge in [0.2, 0.25) is 5.91 Å². The van der Waals surface area contributed by atoms with Crippen LogP contribution in [0, 0.1) is 23.7 Å². The third-order valence-electron chi connectivity index (χ3n) is 10.3. The first-order chi connectivity index (χ1) is 20.7. The number of benzene rings is 1. The van der Waals surface area contributed by atoms with E-state index < -0.39 is 11.7 Å². The monoisotopic (exact) mass is 588 g/mol. The number of rotatable bonds is 6. The standard InChI is InChI=1S/C33H44N6O4/c1-22(2)15-30(40)37-11-9-36(10-12-37)26-7-8-29(34-21-26)38-13-14-39(28-6-4-3-5-27(28)38)43-32(41)35-31-24-16-23-17-25(31)20-33(42,18-23)19-24/h3-8,21-25,31,42H,9-20H2,1-2H3,(H,35,41)/t23?,24-,25+,31?,33?. The van der Waals surface area contributed by atoms with Gasteiger partial charge in [-0.15, -0.1) is 0 Å². The minimum absolute atomic E-state index is 0.0760. The quantitative estimate of drug-likeness (QED) is 0.515. The van der Waals surface area contributed by atoms with Crippen molar-refractivity contribution in [1.29, 1.82) is 0 Å². The van der Waals surface area contributed by atoms with Crippen molar-refractivity contribution in [2.24, 2.45) is 23.7 Å². The summed E-state index contributed by atoms with van der Waals surface area (Å²) in [5.74, 6) is 2.72. The molecular formula is C33H44N6O4. The van der Waals surface area contributed by atoms with Crippen LogP contribution >= 0.6 is 0 Å². The van der Waals surface area contributed by atoms with Crippen molar-refractivity contribution in [3.8, 4) is 0 Å². The SMILES string of the molecule is CC(C)CC(=O)N1CCN(c2ccc(N3CCN(OC(=O)NC4[C@@H]5CC6C[C@H]4CC(O)(C6)C5)c4ccccc43)nc2)CC1. The van der Waals surface area contributed by atoms with Crippen molar-refractivity contribution >= 4 is 34.9 Å². The number of aromatic nitrogens is 1. The van der Waals surface area contributed by atoms with Crippen LogP contribution in [0.2, 0.25) is 0 Å². The summed E-state index contributed by atoms with van der Waals surface area (Å²) >= 11 is 0. The van der Waals surface area contributed by atoms with Gasteiger partial charge in [-0.2, -0.15) is 0 Å². The first kappa shape index (κ1) is 28.3. The minimum Gasteiger partial charge on any atom is -0.390 e. The zero-order valence-corrected chi connectivity index (χ0v) is 25.3. The van der Waals surface area contributed by atoms with Gasteiger partial charge < -0.3 is 30.0 Å². The first-order valence-electron chi connectivity index (χ1n) is 16.1. The number of piperazine rings is 1. The highest BCUT2D eigenvalue weighted by molar-refractivity contribution is 5.80. The Labute approximate surface area is 253 Å². The van der Waals surface area contributed by atoms with E-state index in [1.807, 2.05) is 41.4 Å². The summed E-state index contributed by atoms with van der Waals surface area (Å²) < 4.78 is 0. The van der Waals surface area contributed by atoms with Crippen molar-refractivity contribution in [2.75, 3.05) is 54.1 Å². The molecule has 3 heterocycles. The number of hydrogen-bond donors (Lipinski definition) is 2. The van der Waals surface area contributed by atoms with Gasteiger partial charge in [-0.1, -0.05) is 26.0 Å². The number of fused-ring (bicyclic) bond motifs is 1. The van der Waals surface area contributed by atoms with Gasteiger partial charge in [-0.25, -0.2) is 14.8 Å². The van der Waals surface area contributed by atoms with E-state index in [1.165, 1.54) is 0 Å². The molecule has 2 N–H and O–H groups in total. The Morgan fingerprint density at radius 2 is 1.70 bits per heavy atom. The van der Waals surface area contributed by atoms with Gasteiger partial charge in [0.05, 0.1) is 35.4 Å². The molecule has 4 saturated carbocycles. The summed E-state index contributed by atoms with van der Waals surface area (Å²) in [5, 5.41) is 15.8. The fourth-order valence-electron chi connectivity index (χ4n) is 8.56. The van der Waals surface area contributed by atoms with E-state index in [9.17, 15) is 14.7 Å². The largest absolute Gasteiger partial charge is 0.431 e. The smallest absolute Gasteiger partial charge is 0.390 e. The van der Waals surface area contributed by atoms with Gasteiger partial charge in [-0.3, -0.25) is 4.79 Å². The molecule has 3 unspecified atom stereocenters. The Kier molecular flexibility index (Phi) is 7.35. The Morgan fingerprint density at radius 1 is 0.977 bits per heavy atom. The Hall–Kier alpha value is -3.53. The predicted molar refractivity (Wildman–Crippen MR) is 165 cm³/mol. The normalized spacial score (nSPS) is 29.6. The molecule has 43 heavy (non-hydrogen) atoms. The molecule has 4 bridgehead atoms. The lowest BCUT2D eigenvalue weighted by molar-refractivity contribution is -0.137. The lowest BCUT2D eigenvalue weighted by atomic mass is 9.52. The number of carbonyl (C=O) groups excluding carboxylic acids is 2. The highest BCUT2D eigenvalue weighted by Crippen LogP contribution is 2.55. The number of pyridine rings is 1. The molecule has 10 nitrogen and oxygen atoms in total. The van der Waals surface area contributed by atoms with Crippen LogP contribution in [0.1, 0.15) is 52.4 Å². The minimum atomic E-state index is -0.525. The third-order valence-corrected chi connectivity index (χ3v) is 10.3. The predicted octanol–water partition coefficient (Wildman–Crippen LogP) is 4.32. The molecule has 6 aliphatic rings. The number of carbonyl (C=O) groups is 2. The fourth-order valence-corrected chi connectivity index (χ4v) is 8.56.